The highest BCUT2D eigenvalue weighted by Crippen LogP contribution is 2.12. The van der Waals surface area contributed by atoms with E-state index in [0.29, 0.717) is 11.0 Å². The smallest absolute Gasteiger partial charge is 0.103 e. The molecule has 1 atom stereocenters. The standard InChI is InChI=1S/C17H37NO3S/c1-5-6-7-8-9-10-11-12-13-14-15-18(3,4)16-17(2)22(19,20)21/h17H,5-16H2,1-4H3. The van der Waals surface area contributed by atoms with E-state index >= 15 is 0 Å². The molecule has 22 heavy (non-hydrogen) atoms. The predicted octanol–water partition coefficient (Wildman–Crippen LogP) is 3.92. The Labute approximate surface area is 138 Å². The molecule has 0 heterocycles. The molecule has 0 amide bonds. The average molecular weight is 336 g/mol. The van der Waals surface area contributed by atoms with Crippen LogP contribution < -0.4 is 0 Å². The Bertz CT molecular complexity index is 366. The number of hydrogen-bond acceptors (Lipinski definition) is 3. The first kappa shape index (κ1) is 21.9. The van der Waals surface area contributed by atoms with Gasteiger partial charge >= 0.3 is 0 Å². The minimum Gasteiger partial charge on any atom is -0.748 e. The van der Waals surface area contributed by atoms with E-state index in [1.807, 2.05) is 14.1 Å². The zero-order chi connectivity index (χ0) is 17.1. The third-order valence-electron chi connectivity index (χ3n) is 4.36. The van der Waals surface area contributed by atoms with Gasteiger partial charge in [-0.05, 0) is 19.8 Å². The average Bonchev–Trinajstić information content (AvgIpc) is 2.39. The Morgan fingerprint density at radius 2 is 1.27 bits per heavy atom. The van der Waals surface area contributed by atoms with Crippen LogP contribution in [0.4, 0.5) is 0 Å². The first-order valence-corrected chi connectivity index (χ1v) is 10.4. The first-order valence-electron chi connectivity index (χ1n) is 8.96. The van der Waals surface area contributed by atoms with E-state index in [2.05, 4.69) is 6.92 Å². The van der Waals surface area contributed by atoms with Crippen molar-refractivity contribution in [1.82, 2.24) is 0 Å². The van der Waals surface area contributed by atoms with Crippen molar-refractivity contribution in [3.8, 4) is 0 Å². The lowest BCUT2D eigenvalue weighted by molar-refractivity contribution is -0.890. The van der Waals surface area contributed by atoms with Crippen LogP contribution in [0.3, 0.4) is 0 Å². The summed E-state index contributed by atoms with van der Waals surface area (Å²) in [6.45, 7) is 5.10. The van der Waals surface area contributed by atoms with Gasteiger partial charge in [-0.1, -0.05) is 58.3 Å². The van der Waals surface area contributed by atoms with E-state index in [-0.39, 0.29) is 0 Å². The van der Waals surface area contributed by atoms with Crippen molar-refractivity contribution in [3.63, 3.8) is 0 Å². The van der Waals surface area contributed by atoms with Gasteiger partial charge in [0.25, 0.3) is 0 Å². The predicted molar refractivity (Wildman–Crippen MR) is 92.8 cm³/mol. The van der Waals surface area contributed by atoms with Gasteiger partial charge < -0.3 is 9.04 Å². The zero-order valence-electron chi connectivity index (χ0n) is 15.1. The molecule has 0 saturated carbocycles. The lowest BCUT2D eigenvalue weighted by atomic mass is 10.1. The van der Waals surface area contributed by atoms with Gasteiger partial charge in [0.2, 0.25) is 0 Å². The van der Waals surface area contributed by atoms with Crippen LogP contribution in [0.5, 0.6) is 0 Å². The summed E-state index contributed by atoms with van der Waals surface area (Å²) in [4.78, 5) is 0. The van der Waals surface area contributed by atoms with Crippen LogP contribution >= 0.6 is 0 Å². The van der Waals surface area contributed by atoms with E-state index in [9.17, 15) is 13.0 Å². The van der Waals surface area contributed by atoms with Gasteiger partial charge in [0.05, 0.1) is 32.4 Å². The molecule has 0 N–H and O–H groups in total. The Hall–Kier alpha value is -0.130. The molecule has 0 saturated heterocycles. The number of nitrogens with zero attached hydrogens (tertiary/aromatic N) is 1. The molecule has 0 radical (unpaired) electrons. The summed E-state index contributed by atoms with van der Waals surface area (Å²) in [5, 5.41) is -0.800. The van der Waals surface area contributed by atoms with Crippen molar-refractivity contribution in [2.45, 2.75) is 83.3 Å². The van der Waals surface area contributed by atoms with Gasteiger partial charge in [-0.2, -0.15) is 0 Å². The molecule has 0 aromatic carbocycles. The van der Waals surface area contributed by atoms with Crippen molar-refractivity contribution in [3.05, 3.63) is 0 Å². The van der Waals surface area contributed by atoms with Crippen LogP contribution in [0.2, 0.25) is 0 Å². The summed E-state index contributed by atoms with van der Waals surface area (Å²) in [6.07, 6.45) is 13.0. The summed E-state index contributed by atoms with van der Waals surface area (Å²) in [7, 11) is -0.135. The third-order valence-corrected chi connectivity index (χ3v) is 5.50. The molecular formula is C17H37NO3S. The van der Waals surface area contributed by atoms with Crippen LogP contribution in [-0.4, -0.2) is 49.9 Å². The molecule has 0 aliphatic carbocycles. The molecule has 1 unspecified atom stereocenters. The normalized spacial score (nSPS) is 14.2. The second-order valence-corrected chi connectivity index (χ2v) is 9.12. The Morgan fingerprint density at radius 3 is 1.68 bits per heavy atom. The largest absolute Gasteiger partial charge is 0.748 e. The fourth-order valence-electron chi connectivity index (χ4n) is 2.91. The quantitative estimate of drug-likeness (QED) is 0.275. The molecule has 0 aliphatic rings. The lowest BCUT2D eigenvalue weighted by Gasteiger charge is -2.33. The first-order chi connectivity index (χ1) is 10.2. The van der Waals surface area contributed by atoms with Crippen LogP contribution in [0.1, 0.15) is 78.1 Å². The lowest BCUT2D eigenvalue weighted by Crippen LogP contribution is -2.47. The highest BCUT2D eigenvalue weighted by atomic mass is 32.2. The number of hydrogen-bond donors (Lipinski definition) is 0. The second-order valence-electron chi connectivity index (χ2n) is 7.33. The molecule has 0 aromatic heterocycles. The fraction of sp³-hybridized carbons (Fsp3) is 1.00. The zero-order valence-corrected chi connectivity index (χ0v) is 16.0. The van der Waals surface area contributed by atoms with Gasteiger partial charge in [0, 0.05) is 0 Å². The van der Waals surface area contributed by atoms with Crippen LogP contribution in [0.15, 0.2) is 0 Å². The molecule has 5 heteroatoms. The van der Waals surface area contributed by atoms with Crippen molar-refractivity contribution < 1.29 is 17.5 Å². The third kappa shape index (κ3) is 12.4. The van der Waals surface area contributed by atoms with Crippen molar-refractivity contribution in [1.29, 1.82) is 0 Å². The molecule has 4 nitrogen and oxygen atoms in total. The van der Waals surface area contributed by atoms with E-state index in [1.54, 1.807) is 0 Å². The minimum absolute atomic E-state index is 0.406. The van der Waals surface area contributed by atoms with Crippen LogP contribution in [-0.2, 0) is 10.1 Å². The fourth-order valence-corrected chi connectivity index (χ4v) is 3.49. The number of unbranched alkanes of at least 4 members (excludes halogenated alkanes) is 9. The second kappa shape index (κ2) is 11.4. The van der Waals surface area contributed by atoms with E-state index in [4.69, 9.17) is 0 Å². The van der Waals surface area contributed by atoms with E-state index in [0.717, 1.165) is 13.0 Å². The maximum absolute atomic E-state index is 11.0. The van der Waals surface area contributed by atoms with Crippen molar-refractivity contribution in [2.24, 2.45) is 0 Å². The van der Waals surface area contributed by atoms with Gasteiger partial charge in [0.1, 0.15) is 10.1 Å². The minimum atomic E-state index is -4.15. The SMILES string of the molecule is CCCCCCCCCCCC[N+](C)(C)CC(C)S(=O)(=O)[O-]. The Kier molecular flexibility index (Phi) is 11.3. The van der Waals surface area contributed by atoms with Gasteiger partial charge in [0.15, 0.2) is 0 Å². The summed E-state index contributed by atoms with van der Waals surface area (Å²) < 4.78 is 33.6. The molecule has 0 fully saturated rings. The molecular weight excluding hydrogens is 298 g/mol. The Morgan fingerprint density at radius 1 is 0.864 bits per heavy atom. The van der Waals surface area contributed by atoms with E-state index < -0.39 is 15.4 Å². The Balaban J connectivity index is 3.61. The molecule has 0 bridgehead atoms. The summed E-state index contributed by atoms with van der Waals surface area (Å²) in [5.41, 5.74) is 0. The van der Waals surface area contributed by atoms with Crippen molar-refractivity contribution >= 4 is 10.1 Å². The molecule has 0 spiro atoms. The molecule has 0 rings (SSSR count). The monoisotopic (exact) mass is 335 g/mol. The maximum Gasteiger partial charge on any atom is 0.103 e. The van der Waals surface area contributed by atoms with Gasteiger partial charge in [-0.3, -0.25) is 0 Å². The van der Waals surface area contributed by atoms with Crippen LogP contribution in [0.25, 0.3) is 0 Å². The van der Waals surface area contributed by atoms with E-state index in [1.165, 1.54) is 64.7 Å². The number of quaternary nitrogens is 1. The maximum atomic E-state index is 11.0. The topological polar surface area (TPSA) is 57.2 Å². The molecule has 0 aromatic rings. The summed E-state index contributed by atoms with van der Waals surface area (Å²) in [5.74, 6) is 0. The summed E-state index contributed by atoms with van der Waals surface area (Å²) >= 11 is 0. The molecule has 134 valence electrons. The highest BCUT2D eigenvalue weighted by molar-refractivity contribution is 7.86. The van der Waals surface area contributed by atoms with Gasteiger partial charge in [-0.25, -0.2) is 8.42 Å². The van der Waals surface area contributed by atoms with Crippen molar-refractivity contribution in [2.75, 3.05) is 27.2 Å². The highest BCUT2D eigenvalue weighted by Gasteiger charge is 2.22. The molecule has 0 aliphatic heterocycles. The number of rotatable bonds is 14. The van der Waals surface area contributed by atoms with Gasteiger partial charge in [-0.15, -0.1) is 0 Å². The summed E-state index contributed by atoms with van der Waals surface area (Å²) in [6, 6.07) is 0. The van der Waals surface area contributed by atoms with Crippen LogP contribution in [0, 0.1) is 0 Å².